The lowest BCUT2D eigenvalue weighted by Crippen LogP contribution is -2.08. The molecule has 3 aromatic rings. The molecule has 0 radical (unpaired) electrons. The zero-order chi connectivity index (χ0) is 16.4. The van der Waals surface area contributed by atoms with Crippen LogP contribution in [0.2, 0.25) is 0 Å². The predicted octanol–water partition coefficient (Wildman–Crippen LogP) is 3.93. The van der Waals surface area contributed by atoms with Crippen LogP contribution in [0.1, 0.15) is 29.9 Å². The molecule has 0 saturated carbocycles. The molecule has 4 nitrogen and oxygen atoms in total. The molecule has 23 heavy (non-hydrogen) atoms. The molecule has 0 unspecified atom stereocenters. The highest BCUT2D eigenvalue weighted by atomic mass is 16.5. The summed E-state index contributed by atoms with van der Waals surface area (Å²) in [6.07, 6.45) is 0. The third-order valence-electron chi connectivity index (χ3n) is 3.75. The Morgan fingerprint density at radius 1 is 1.17 bits per heavy atom. The highest BCUT2D eigenvalue weighted by molar-refractivity contribution is 6.14. The summed E-state index contributed by atoms with van der Waals surface area (Å²) >= 11 is 0. The van der Waals surface area contributed by atoms with Crippen LogP contribution in [0, 0.1) is 5.92 Å². The molecule has 0 bridgehead atoms. The van der Waals surface area contributed by atoms with Crippen molar-refractivity contribution in [3.63, 3.8) is 0 Å². The van der Waals surface area contributed by atoms with Gasteiger partial charge in [0.25, 0.3) is 0 Å². The molecule has 0 aliphatic heterocycles. The highest BCUT2D eigenvalue weighted by Gasteiger charge is 2.19. The van der Waals surface area contributed by atoms with Gasteiger partial charge < -0.3 is 4.74 Å². The molecule has 1 aromatic heterocycles. The summed E-state index contributed by atoms with van der Waals surface area (Å²) in [4.78, 5) is 12.8. The fourth-order valence-electron chi connectivity index (χ4n) is 2.66. The Hall–Kier alpha value is -2.62. The number of ketones is 1. The lowest BCUT2D eigenvalue weighted by molar-refractivity contribution is 0.103. The number of fused-ring (bicyclic) bond motifs is 1. The fraction of sp³-hybridized carbons (Fsp3) is 0.263. The summed E-state index contributed by atoms with van der Waals surface area (Å²) in [5.74, 6) is 1.15. The first-order valence-electron chi connectivity index (χ1n) is 7.74. The normalized spacial score (nSPS) is 11.1. The van der Waals surface area contributed by atoms with Crippen molar-refractivity contribution in [2.75, 3.05) is 7.11 Å². The zero-order valence-electron chi connectivity index (χ0n) is 13.6. The number of ether oxygens (including phenoxy) is 1. The van der Waals surface area contributed by atoms with Crippen LogP contribution in [0.15, 0.2) is 48.5 Å². The number of carbonyl (C=O) groups excluding carboxylic acids is 1. The molecular formula is C19H20N2O2. The highest BCUT2D eigenvalue weighted by Crippen LogP contribution is 2.26. The predicted molar refractivity (Wildman–Crippen MR) is 91.0 cm³/mol. The summed E-state index contributed by atoms with van der Waals surface area (Å²) in [7, 11) is 1.64. The molecule has 0 amide bonds. The topological polar surface area (TPSA) is 44.1 Å². The van der Waals surface area contributed by atoms with Crippen molar-refractivity contribution in [2.45, 2.75) is 20.4 Å². The molecule has 0 N–H and O–H groups in total. The average Bonchev–Trinajstić information content (AvgIpc) is 2.92. The zero-order valence-corrected chi connectivity index (χ0v) is 13.6. The second-order valence-electron chi connectivity index (χ2n) is 6.00. The first-order valence-corrected chi connectivity index (χ1v) is 7.74. The molecule has 0 spiro atoms. The maximum Gasteiger partial charge on any atom is 0.213 e. The average molecular weight is 308 g/mol. The minimum absolute atomic E-state index is 0.0525. The van der Waals surface area contributed by atoms with Crippen LogP contribution in [-0.2, 0) is 6.54 Å². The van der Waals surface area contributed by atoms with Crippen molar-refractivity contribution < 1.29 is 9.53 Å². The quantitative estimate of drug-likeness (QED) is 0.671. The van der Waals surface area contributed by atoms with Gasteiger partial charge in [0.15, 0.2) is 0 Å². The van der Waals surface area contributed by atoms with Gasteiger partial charge >= 0.3 is 0 Å². The third-order valence-corrected chi connectivity index (χ3v) is 3.75. The van der Waals surface area contributed by atoms with Gasteiger partial charge in [-0.05, 0) is 18.1 Å². The number of hydrogen-bond acceptors (Lipinski definition) is 3. The first kappa shape index (κ1) is 15.3. The van der Waals surface area contributed by atoms with Gasteiger partial charge in [0.1, 0.15) is 11.4 Å². The van der Waals surface area contributed by atoms with Crippen LogP contribution in [0.3, 0.4) is 0 Å². The molecule has 2 aromatic carbocycles. The SMILES string of the molecule is COc1ccc2c(C(=O)c3ccccc3)nn(CC(C)C)c2c1. The van der Waals surface area contributed by atoms with E-state index in [4.69, 9.17) is 4.74 Å². The van der Waals surface area contributed by atoms with Gasteiger partial charge in [-0.15, -0.1) is 0 Å². The minimum Gasteiger partial charge on any atom is -0.497 e. The Labute approximate surface area is 135 Å². The summed E-state index contributed by atoms with van der Waals surface area (Å²) in [5, 5.41) is 5.45. The van der Waals surface area contributed by atoms with E-state index in [2.05, 4.69) is 18.9 Å². The monoisotopic (exact) mass is 308 g/mol. The van der Waals surface area contributed by atoms with Crippen molar-refractivity contribution in [3.8, 4) is 5.75 Å². The van der Waals surface area contributed by atoms with Gasteiger partial charge in [-0.2, -0.15) is 5.10 Å². The van der Waals surface area contributed by atoms with E-state index in [-0.39, 0.29) is 5.78 Å². The smallest absolute Gasteiger partial charge is 0.213 e. The Kier molecular flexibility index (Phi) is 4.15. The van der Waals surface area contributed by atoms with Crippen LogP contribution in [0.5, 0.6) is 5.75 Å². The molecule has 1 heterocycles. The lowest BCUT2D eigenvalue weighted by atomic mass is 10.1. The van der Waals surface area contributed by atoms with Gasteiger partial charge in [0, 0.05) is 23.6 Å². The lowest BCUT2D eigenvalue weighted by Gasteiger charge is -2.07. The van der Waals surface area contributed by atoms with Gasteiger partial charge in [-0.1, -0.05) is 44.2 Å². The summed E-state index contributed by atoms with van der Waals surface area (Å²) in [5.41, 5.74) is 2.08. The number of rotatable bonds is 5. The fourth-order valence-corrected chi connectivity index (χ4v) is 2.66. The van der Waals surface area contributed by atoms with E-state index in [0.29, 0.717) is 17.2 Å². The minimum atomic E-state index is -0.0525. The van der Waals surface area contributed by atoms with Crippen molar-refractivity contribution >= 4 is 16.7 Å². The maximum absolute atomic E-state index is 12.8. The van der Waals surface area contributed by atoms with E-state index in [1.54, 1.807) is 7.11 Å². The molecule has 118 valence electrons. The van der Waals surface area contributed by atoms with E-state index < -0.39 is 0 Å². The van der Waals surface area contributed by atoms with E-state index in [9.17, 15) is 4.79 Å². The van der Waals surface area contributed by atoms with E-state index >= 15 is 0 Å². The van der Waals surface area contributed by atoms with Crippen LogP contribution >= 0.6 is 0 Å². The van der Waals surface area contributed by atoms with Gasteiger partial charge in [-0.3, -0.25) is 9.48 Å². The van der Waals surface area contributed by atoms with Crippen molar-refractivity contribution in [1.29, 1.82) is 0 Å². The van der Waals surface area contributed by atoms with E-state index in [1.165, 1.54) is 0 Å². The van der Waals surface area contributed by atoms with Crippen LogP contribution < -0.4 is 4.74 Å². The van der Waals surface area contributed by atoms with E-state index in [1.807, 2.05) is 53.2 Å². The molecule has 0 atom stereocenters. The molecular weight excluding hydrogens is 288 g/mol. The molecule has 0 aliphatic rings. The van der Waals surface area contributed by atoms with Crippen molar-refractivity contribution in [2.24, 2.45) is 5.92 Å². The largest absolute Gasteiger partial charge is 0.497 e. The molecule has 0 saturated heterocycles. The van der Waals surface area contributed by atoms with Gasteiger partial charge in [0.2, 0.25) is 5.78 Å². The van der Waals surface area contributed by atoms with Gasteiger partial charge in [-0.25, -0.2) is 0 Å². The maximum atomic E-state index is 12.8. The second kappa shape index (κ2) is 6.24. The Bertz CT molecular complexity index is 835. The number of hydrogen-bond donors (Lipinski definition) is 0. The summed E-state index contributed by atoms with van der Waals surface area (Å²) in [6, 6.07) is 15.0. The molecule has 3 rings (SSSR count). The van der Waals surface area contributed by atoms with Crippen LogP contribution in [0.25, 0.3) is 10.9 Å². The molecule has 4 heteroatoms. The second-order valence-corrected chi connectivity index (χ2v) is 6.00. The Morgan fingerprint density at radius 3 is 2.57 bits per heavy atom. The number of aromatic nitrogens is 2. The van der Waals surface area contributed by atoms with Crippen molar-refractivity contribution in [1.82, 2.24) is 9.78 Å². The number of nitrogens with zero attached hydrogens (tertiary/aromatic N) is 2. The number of methoxy groups -OCH3 is 1. The molecule has 0 fully saturated rings. The summed E-state index contributed by atoms with van der Waals surface area (Å²) in [6.45, 7) is 5.02. The molecule has 0 aliphatic carbocycles. The first-order chi connectivity index (χ1) is 11.1. The standard InChI is InChI=1S/C19H20N2O2/c1-13(2)12-21-17-11-15(23-3)9-10-16(17)18(20-21)19(22)14-7-5-4-6-8-14/h4-11,13H,12H2,1-3H3. The summed E-state index contributed by atoms with van der Waals surface area (Å²) < 4.78 is 7.21. The van der Waals surface area contributed by atoms with Crippen LogP contribution in [-0.4, -0.2) is 22.7 Å². The third kappa shape index (κ3) is 2.97. The van der Waals surface area contributed by atoms with E-state index in [0.717, 1.165) is 23.2 Å². The van der Waals surface area contributed by atoms with Crippen molar-refractivity contribution in [3.05, 3.63) is 59.8 Å². The van der Waals surface area contributed by atoms with Crippen LogP contribution in [0.4, 0.5) is 0 Å². The number of carbonyl (C=O) groups is 1. The van der Waals surface area contributed by atoms with Gasteiger partial charge in [0.05, 0.1) is 12.6 Å². The Morgan fingerprint density at radius 2 is 1.91 bits per heavy atom. The Balaban J connectivity index is 2.15. The number of benzene rings is 2.